The molecular weight excluding hydrogens is 414 g/mol. The van der Waals surface area contributed by atoms with E-state index in [9.17, 15) is 14.0 Å². The highest BCUT2D eigenvalue weighted by molar-refractivity contribution is 5.94. The lowest BCUT2D eigenvalue weighted by Gasteiger charge is -2.38. The standard InChI is InChI=1S/C22H24F2N2O3.ClH/c1-13-10-25-11-14(2)26(13)22(28)29-12-19-20(23)9-8-18(21(19)24)17-6-4-16(5-7-17)15(3)27;/h4-9,13-14,25H,10-12H2,1-3H3;1H/t13-,14+;. The second kappa shape index (κ2) is 10.00. The molecule has 8 heteroatoms. The first-order chi connectivity index (χ1) is 13.8. The van der Waals surface area contributed by atoms with Crippen LogP contribution in [0.1, 0.15) is 36.7 Å². The Bertz CT molecular complexity index is 911. The molecule has 0 bridgehead atoms. The molecule has 0 aliphatic carbocycles. The Morgan fingerprint density at radius 3 is 2.23 bits per heavy atom. The van der Waals surface area contributed by atoms with E-state index in [1.54, 1.807) is 29.2 Å². The van der Waals surface area contributed by atoms with E-state index in [1.165, 1.54) is 13.0 Å². The Balaban J connectivity index is 0.00000320. The first kappa shape index (κ1) is 23.8. The van der Waals surface area contributed by atoms with Gasteiger partial charge in [-0.15, -0.1) is 12.4 Å². The van der Waals surface area contributed by atoms with Gasteiger partial charge in [-0.1, -0.05) is 24.3 Å². The molecule has 1 aliphatic rings. The van der Waals surface area contributed by atoms with E-state index in [4.69, 9.17) is 4.74 Å². The molecule has 0 saturated carbocycles. The van der Waals surface area contributed by atoms with Crippen LogP contribution < -0.4 is 5.32 Å². The minimum Gasteiger partial charge on any atom is -0.444 e. The predicted octanol–water partition coefficient (Wildman–Crippen LogP) is 4.58. The molecule has 162 valence electrons. The van der Waals surface area contributed by atoms with Gasteiger partial charge in [0.15, 0.2) is 5.78 Å². The van der Waals surface area contributed by atoms with Gasteiger partial charge < -0.3 is 15.0 Å². The first-order valence-electron chi connectivity index (χ1n) is 9.53. The van der Waals surface area contributed by atoms with Crippen molar-refractivity contribution >= 4 is 24.3 Å². The number of amides is 1. The van der Waals surface area contributed by atoms with Crippen molar-refractivity contribution in [2.75, 3.05) is 13.1 Å². The van der Waals surface area contributed by atoms with Crippen molar-refractivity contribution in [3.05, 3.63) is 59.2 Å². The van der Waals surface area contributed by atoms with Crippen molar-refractivity contribution in [3.63, 3.8) is 0 Å². The van der Waals surface area contributed by atoms with Gasteiger partial charge in [-0.05, 0) is 38.5 Å². The summed E-state index contributed by atoms with van der Waals surface area (Å²) in [6.45, 7) is 5.98. The monoisotopic (exact) mass is 438 g/mol. The van der Waals surface area contributed by atoms with Crippen LogP contribution in [0.25, 0.3) is 11.1 Å². The molecule has 2 aromatic rings. The summed E-state index contributed by atoms with van der Waals surface area (Å²) in [4.78, 5) is 25.5. The zero-order valence-corrected chi connectivity index (χ0v) is 17.9. The molecule has 3 rings (SSSR count). The number of benzene rings is 2. The predicted molar refractivity (Wildman–Crippen MR) is 113 cm³/mol. The van der Waals surface area contributed by atoms with Crippen LogP contribution in [0.2, 0.25) is 0 Å². The summed E-state index contributed by atoms with van der Waals surface area (Å²) in [5, 5.41) is 3.21. The first-order valence-corrected chi connectivity index (χ1v) is 9.53. The van der Waals surface area contributed by atoms with Crippen LogP contribution >= 0.6 is 12.4 Å². The fourth-order valence-electron chi connectivity index (χ4n) is 3.54. The van der Waals surface area contributed by atoms with E-state index in [0.717, 1.165) is 6.07 Å². The van der Waals surface area contributed by atoms with Gasteiger partial charge in [0.05, 0.1) is 5.56 Å². The largest absolute Gasteiger partial charge is 0.444 e. The second-order valence-electron chi connectivity index (χ2n) is 7.34. The Morgan fingerprint density at radius 1 is 1.07 bits per heavy atom. The van der Waals surface area contributed by atoms with Crippen molar-refractivity contribution in [1.82, 2.24) is 10.2 Å². The smallest absolute Gasteiger partial charge is 0.410 e. The summed E-state index contributed by atoms with van der Waals surface area (Å²) in [5.74, 6) is -1.66. The quantitative estimate of drug-likeness (QED) is 0.710. The van der Waals surface area contributed by atoms with Crippen molar-refractivity contribution in [2.45, 2.75) is 39.5 Å². The number of hydrogen-bond acceptors (Lipinski definition) is 4. The summed E-state index contributed by atoms with van der Waals surface area (Å²) in [7, 11) is 0. The second-order valence-corrected chi connectivity index (χ2v) is 7.34. The zero-order chi connectivity index (χ0) is 21.1. The molecule has 1 heterocycles. The van der Waals surface area contributed by atoms with Crippen molar-refractivity contribution in [1.29, 1.82) is 0 Å². The summed E-state index contributed by atoms with van der Waals surface area (Å²) < 4.78 is 34.5. The number of rotatable bonds is 4. The molecule has 1 N–H and O–H groups in total. The van der Waals surface area contributed by atoms with Crippen LogP contribution in [0.3, 0.4) is 0 Å². The summed E-state index contributed by atoms with van der Waals surface area (Å²) in [5.41, 5.74) is 0.882. The fourth-order valence-corrected chi connectivity index (χ4v) is 3.54. The number of ether oxygens (including phenoxy) is 1. The molecule has 2 atom stereocenters. The fraction of sp³-hybridized carbons (Fsp3) is 0.364. The molecule has 5 nitrogen and oxygen atoms in total. The lowest BCUT2D eigenvalue weighted by Crippen LogP contribution is -2.57. The average molecular weight is 439 g/mol. The molecule has 0 spiro atoms. The molecule has 1 fully saturated rings. The molecule has 1 amide bonds. The maximum Gasteiger partial charge on any atom is 0.410 e. The Hall–Kier alpha value is -2.51. The number of hydrogen-bond donors (Lipinski definition) is 1. The van der Waals surface area contributed by atoms with E-state index >= 15 is 4.39 Å². The van der Waals surface area contributed by atoms with E-state index in [-0.39, 0.29) is 41.4 Å². The number of nitrogens with one attached hydrogen (secondary N) is 1. The highest BCUT2D eigenvalue weighted by atomic mass is 35.5. The van der Waals surface area contributed by atoms with Gasteiger partial charge in [0.25, 0.3) is 0 Å². The number of carbonyl (C=O) groups excluding carboxylic acids is 2. The average Bonchev–Trinajstić information content (AvgIpc) is 2.68. The van der Waals surface area contributed by atoms with Gasteiger partial charge in [0.1, 0.15) is 18.2 Å². The molecule has 0 unspecified atom stereocenters. The Kier molecular flexibility index (Phi) is 7.92. The van der Waals surface area contributed by atoms with Crippen molar-refractivity contribution < 1.29 is 23.1 Å². The van der Waals surface area contributed by atoms with Gasteiger partial charge in [0.2, 0.25) is 0 Å². The van der Waals surface area contributed by atoms with Crippen LogP contribution in [0.5, 0.6) is 0 Å². The van der Waals surface area contributed by atoms with Crippen LogP contribution in [0.4, 0.5) is 13.6 Å². The van der Waals surface area contributed by atoms with Crippen LogP contribution in [0, 0.1) is 11.6 Å². The molecule has 1 saturated heterocycles. The van der Waals surface area contributed by atoms with Crippen LogP contribution in [-0.4, -0.2) is 41.9 Å². The molecule has 2 aromatic carbocycles. The topological polar surface area (TPSA) is 58.6 Å². The van der Waals surface area contributed by atoms with E-state index in [2.05, 4.69) is 5.32 Å². The maximum atomic E-state index is 15.0. The SMILES string of the molecule is CC(=O)c1ccc(-c2ccc(F)c(COC(=O)N3[C@H](C)CNC[C@@H]3C)c2F)cc1.Cl. The van der Waals surface area contributed by atoms with Crippen molar-refractivity contribution in [2.24, 2.45) is 0 Å². The van der Waals surface area contributed by atoms with Gasteiger partial charge in [0, 0.05) is 36.3 Å². The molecule has 0 radical (unpaired) electrons. The molecular formula is C22H25ClF2N2O3. The minimum absolute atomic E-state index is 0. The highest BCUT2D eigenvalue weighted by Crippen LogP contribution is 2.28. The highest BCUT2D eigenvalue weighted by Gasteiger charge is 2.30. The summed E-state index contributed by atoms with van der Waals surface area (Å²) in [6.07, 6.45) is -0.596. The normalized spacial score (nSPS) is 18.5. The third-order valence-corrected chi connectivity index (χ3v) is 5.17. The number of halogens is 3. The molecule has 30 heavy (non-hydrogen) atoms. The number of nitrogens with zero attached hydrogens (tertiary/aromatic N) is 1. The van der Waals surface area contributed by atoms with Gasteiger partial charge >= 0.3 is 6.09 Å². The summed E-state index contributed by atoms with van der Waals surface area (Å²) >= 11 is 0. The zero-order valence-electron chi connectivity index (χ0n) is 17.1. The number of ketones is 1. The lowest BCUT2D eigenvalue weighted by atomic mass is 10.00. The van der Waals surface area contributed by atoms with Gasteiger partial charge in [-0.3, -0.25) is 4.79 Å². The van der Waals surface area contributed by atoms with Gasteiger partial charge in [-0.2, -0.15) is 0 Å². The van der Waals surface area contributed by atoms with E-state index < -0.39 is 24.3 Å². The summed E-state index contributed by atoms with van der Waals surface area (Å²) in [6, 6.07) is 8.72. The molecule has 1 aliphatic heterocycles. The van der Waals surface area contributed by atoms with Crippen molar-refractivity contribution in [3.8, 4) is 11.1 Å². The Labute approximate surface area is 180 Å². The third kappa shape index (κ3) is 4.96. The number of carbonyl (C=O) groups is 2. The molecule has 0 aromatic heterocycles. The number of Topliss-reactive ketones (excluding diaryl/α,β-unsaturated/α-hetero) is 1. The van der Waals surface area contributed by atoms with Crippen LogP contribution in [0.15, 0.2) is 36.4 Å². The third-order valence-electron chi connectivity index (χ3n) is 5.17. The Morgan fingerprint density at radius 2 is 1.67 bits per heavy atom. The van der Waals surface area contributed by atoms with E-state index in [1.807, 2.05) is 13.8 Å². The van der Waals surface area contributed by atoms with Crippen LogP contribution in [-0.2, 0) is 11.3 Å². The van der Waals surface area contributed by atoms with Gasteiger partial charge in [-0.25, -0.2) is 13.6 Å². The lowest BCUT2D eigenvalue weighted by molar-refractivity contribution is 0.0552. The maximum absolute atomic E-state index is 15.0. The number of piperazine rings is 1. The van der Waals surface area contributed by atoms with E-state index in [0.29, 0.717) is 24.2 Å². The minimum atomic E-state index is -0.783.